The van der Waals surface area contributed by atoms with Crippen LogP contribution in [-0.2, 0) is 10.2 Å². The molecule has 0 aliphatic carbocycles. The maximum atomic E-state index is 11.9. The van der Waals surface area contributed by atoms with E-state index in [0.29, 0.717) is 0 Å². The van der Waals surface area contributed by atoms with Crippen molar-refractivity contribution in [3.63, 3.8) is 0 Å². The maximum absolute atomic E-state index is 11.9. The Kier molecular flexibility index (Phi) is 4.25. The minimum atomic E-state index is -3.69. The van der Waals surface area contributed by atoms with Gasteiger partial charge in [-0.1, -0.05) is 0 Å². The minimum absolute atomic E-state index is 0.162. The lowest BCUT2D eigenvalue weighted by molar-refractivity contribution is 0.0690. The second kappa shape index (κ2) is 5.32. The van der Waals surface area contributed by atoms with Gasteiger partial charge in [0, 0.05) is 19.3 Å². The van der Waals surface area contributed by atoms with Gasteiger partial charge in [0.1, 0.15) is 5.69 Å². The van der Waals surface area contributed by atoms with Gasteiger partial charge in [-0.2, -0.15) is 12.7 Å². The van der Waals surface area contributed by atoms with Gasteiger partial charge in [0.15, 0.2) is 0 Å². The van der Waals surface area contributed by atoms with Crippen molar-refractivity contribution in [3.05, 3.63) is 24.0 Å². The second-order valence-electron chi connectivity index (χ2n) is 3.95. The van der Waals surface area contributed by atoms with Gasteiger partial charge in [0.25, 0.3) is 0 Å². The van der Waals surface area contributed by atoms with Gasteiger partial charge < -0.3 is 5.11 Å². The quantitative estimate of drug-likeness (QED) is 0.825. The highest BCUT2D eigenvalue weighted by atomic mass is 32.2. The molecule has 0 unspecified atom stereocenters. The number of nitrogens with one attached hydrogen (secondary N) is 1. The van der Waals surface area contributed by atoms with Crippen LogP contribution in [0.4, 0.5) is 5.69 Å². The van der Waals surface area contributed by atoms with Crippen molar-refractivity contribution in [1.29, 1.82) is 0 Å². The van der Waals surface area contributed by atoms with Crippen LogP contribution >= 0.6 is 0 Å². The molecule has 1 aromatic heterocycles. The molecule has 1 heterocycles. The van der Waals surface area contributed by atoms with Crippen molar-refractivity contribution >= 4 is 21.9 Å². The number of aromatic nitrogens is 1. The second-order valence-corrected chi connectivity index (χ2v) is 5.68. The average molecular weight is 273 g/mol. The van der Waals surface area contributed by atoms with E-state index in [9.17, 15) is 13.2 Å². The normalized spacial score (nSPS) is 11.8. The predicted molar refractivity (Wildman–Crippen MR) is 66.6 cm³/mol. The largest absolute Gasteiger partial charge is 0.477 e. The number of carboxylic acids is 1. The summed E-state index contributed by atoms with van der Waals surface area (Å²) in [5.74, 6) is -1.21. The molecule has 0 aliphatic heterocycles. The molecule has 0 amide bonds. The first kappa shape index (κ1) is 14.4. The lowest BCUT2D eigenvalue weighted by Crippen LogP contribution is -2.37. The van der Waals surface area contributed by atoms with Gasteiger partial charge in [0.2, 0.25) is 0 Å². The molecule has 18 heavy (non-hydrogen) atoms. The Bertz CT molecular complexity index is 542. The summed E-state index contributed by atoms with van der Waals surface area (Å²) >= 11 is 0. The van der Waals surface area contributed by atoms with E-state index in [-0.39, 0.29) is 17.4 Å². The van der Waals surface area contributed by atoms with Gasteiger partial charge in [-0.15, -0.1) is 0 Å². The number of hydrogen-bond acceptors (Lipinski definition) is 4. The van der Waals surface area contributed by atoms with Gasteiger partial charge in [-0.05, 0) is 26.0 Å². The van der Waals surface area contributed by atoms with Crippen molar-refractivity contribution in [2.45, 2.75) is 19.9 Å². The molecule has 8 heteroatoms. The first-order valence-electron chi connectivity index (χ1n) is 5.19. The molecule has 2 N–H and O–H groups in total. The fourth-order valence-electron chi connectivity index (χ4n) is 1.11. The van der Waals surface area contributed by atoms with E-state index in [0.717, 1.165) is 10.4 Å². The summed E-state index contributed by atoms with van der Waals surface area (Å²) in [6.07, 6.45) is 1.23. The van der Waals surface area contributed by atoms with E-state index < -0.39 is 16.2 Å². The summed E-state index contributed by atoms with van der Waals surface area (Å²) in [4.78, 5) is 14.3. The molecule has 0 aromatic carbocycles. The zero-order valence-corrected chi connectivity index (χ0v) is 11.1. The predicted octanol–water partition coefficient (Wildman–Crippen LogP) is 0.777. The van der Waals surface area contributed by atoms with Crippen molar-refractivity contribution in [1.82, 2.24) is 9.29 Å². The SMILES string of the molecule is CC(C)N(C)S(=O)(=O)Nc1ccnc(C(=O)O)c1. The Morgan fingerprint density at radius 1 is 1.50 bits per heavy atom. The fraction of sp³-hybridized carbons (Fsp3) is 0.400. The third-order valence-electron chi connectivity index (χ3n) is 2.33. The van der Waals surface area contributed by atoms with E-state index in [1.807, 2.05) is 0 Å². The summed E-state index contributed by atoms with van der Waals surface area (Å²) in [6, 6.07) is 2.34. The topological polar surface area (TPSA) is 99.6 Å². The first-order valence-corrected chi connectivity index (χ1v) is 6.63. The number of rotatable bonds is 5. The van der Waals surface area contributed by atoms with Crippen LogP contribution in [-0.4, -0.2) is 41.9 Å². The molecule has 1 rings (SSSR count). The Labute approximate surface area is 106 Å². The molecule has 0 saturated heterocycles. The standard InChI is InChI=1S/C10H15N3O4S/c1-7(2)13(3)18(16,17)12-8-4-5-11-9(6-8)10(14)15/h4-7H,1-3H3,(H,11,12)(H,14,15). The fourth-order valence-corrected chi connectivity index (χ4v) is 2.23. The summed E-state index contributed by atoms with van der Waals surface area (Å²) in [7, 11) is -2.26. The maximum Gasteiger partial charge on any atom is 0.354 e. The van der Waals surface area contributed by atoms with E-state index >= 15 is 0 Å². The highest BCUT2D eigenvalue weighted by Crippen LogP contribution is 2.13. The number of nitrogens with zero attached hydrogens (tertiary/aromatic N) is 2. The molecule has 0 atom stereocenters. The molecule has 1 aromatic rings. The number of hydrogen-bond donors (Lipinski definition) is 2. The van der Waals surface area contributed by atoms with Gasteiger partial charge >= 0.3 is 16.2 Å². The Hall–Kier alpha value is -1.67. The zero-order valence-electron chi connectivity index (χ0n) is 10.3. The lowest BCUT2D eigenvalue weighted by Gasteiger charge is -2.21. The molecule has 0 spiro atoms. The number of carbonyl (C=O) groups is 1. The zero-order chi connectivity index (χ0) is 13.9. The van der Waals surface area contributed by atoms with E-state index in [2.05, 4.69) is 9.71 Å². The van der Waals surface area contributed by atoms with E-state index in [1.165, 1.54) is 19.3 Å². The number of pyridine rings is 1. The van der Waals surface area contributed by atoms with Gasteiger partial charge in [-0.3, -0.25) is 4.72 Å². The van der Waals surface area contributed by atoms with E-state index in [1.54, 1.807) is 13.8 Å². The Morgan fingerprint density at radius 3 is 2.61 bits per heavy atom. The van der Waals surface area contributed by atoms with Crippen LogP contribution in [0.2, 0.25) is 0 Å². The van der Waals surface area contributed by atoms with Crippen molar-refractivity contribution in [3.8, 4) is 0 Å². The van der Waals surface area contributed by atoms with Crippen LogP contribution < -0.4 is 4.72 Å². The monoisotopic (exact) mass is 273 g/mol. The molecule has 0 radical (unpaired) electrons. The summed E-state index contributed by atoms with van der Waals surface area (Å²) in [5.41, 5.74) is -0.0581. The molecular weight excluding hydrogens is 258 g/mol. The summed E-state index contributed by atoms with van der Waals surface area (Å²) in [6.45, 7) is 3.46. The number of anilines is 1. The van der Waals surface area contributed by atoms with Crippen molar-refractivity contribution in [2.24, 2.45) is 0 Å². The average Bonchev–Trinajstić information content (AvgIpc) is 2.27. The van der Waals surface area contributed by atoms with E-state index in [4.69, 9.17) is 5.11 Å². The third kappa shape index (κ3) is 3.41. The molecular formula is C10H15N3O4S. The van der Waals surface area contributed by atoms with Crippen LogP contribution in [0.1, 0.15) is 24.3 Å². The molecule has 7 nitrogen and oxygen atoms in total. The summed E-state index contributed by atoms with van der Waals surface area (Å²) < 4.78 is 27.2. The lowest BCUT2D eigenvalue weighted by atomic mass is 10.3. The van der Waals surface area contributed by atoms with Crippen LogP contribution in [0.3, 0.4) is 0 Å². The smallest absolute Gasteiger partial charge is 0.354 e. The summed E-state index contributed by atoms with van der Waals surface area (Å²) in [5, 5.41) is 8.75. The molecule has 0 fully saturated rings. The van der Waals surface area contributed by atoms with Crippen molar-refractivity contribution in [2.75, 3.05) is 11.8 Å². The highest BCUT2D eigenvalue weighted by Gasteiger charge is 2.20. The van der Waals surface area contributed by atoms with Crippen LogP contribution in [0, 0.1) is 0 Å². The van der Waals surface area contributed by atoms with Crippen LogP contribution in [0.5, 0.6) is 0 Å². The molecule has 0 aliphatic rings. The molecule has 0 bridgehead atoms. The van der Waals surface area contributed by atoms with Gasteiger partial charge in [-0.25, -0.2) is 9.78 Å². The van der Waals surface area contributed by atoms with Crippen LogP contribution in [0.15, 0.2) is 18.3 Å². The molecule has 100 valence electrons. The van der Waals surface area contributed by atoms with Crippen molar-refractivity contribution < 1.29 is 18.3 Å². The van der Waals surface area contributed by atoms with Gasteiger partial charge in [0.05, 0.1) is 5.69 Å². The van der Waals surface area contributed by atoms with Crippen LogP contribution in [0.25, 0.3) is 0 Å². The highest BCUT2D eigenvalue weighted by molar-refractivity contribution is 7.90. The molecule has 0 saturated carbocycles. The Morgan fingerprint density at radius 2 is 2.11 bits per heavy atom. The first-order chi connectivity index (χ1) is 8.24. The minimum Gasteiger partial charge on any atom is -0.477 e. The third-order valence-corrected chi connectivity index (χ3v) is 4.01. The number of aromatic carboxylic acids is 1. The Balaban J connectivity index is 2.98. The number of carboxylic acid groups (broad SMARTS) is 1.